The van der Waals surface area contributed by atoms with Crippen molar-refractivity contribution in [3.05, 3.63) is 42.9 Å². The van der Waals surface area contributed by atoms with Crippen LogP contribution >= 0.6 is 0 Å². The minimum absolute atomic E-state index is 0.0859. The normalized spacial score (nSPS) is 17.2. The van der Waals surface area contributed by atoms with E-state index in [1.54, 1.807) is 41.7 Å². The molecule has 2 N–H and O–H groups in total. The fraction of sp³-hybridized carbons (Fsp3) is 0.435. The smallest absolute Gasteiger partial charge is 0.313 e. The maximum absolute atomic E-state index is 12.3. The maximum Gasteiger partial charge on any atom is 0.313 e. The van der Waals surface area contributed by atoms with Crippen LogP contribution in [0.25, 0.3) is 0 Å². The van der Waals surface area contributed by atoms with E-state index in [9.17, 15) is 14.4 Å². The van der Waals surface area contributed by atoms with Crippen LogP contribution < -0.4 is 20.4 Å². The summed E-state index contributed by atoms with van der Waals surface area (Å²) in [6, 6.07) is 7.06. The molecule has 0 atom stereocenters. The van der Waals surface area contributed by atoms with Crippen molar-refractivity contribution in [1.29, 1.82) is 0 Å². The average molecular weight is 437 g/mol. The second-order valence-electron chi connectivity index (χ2n) is 8.21. The SMILES string of the molecule is O=C(NCC1CCN(c2cnccn2)CC1)C(=O)Nc1cccc(N2CCCCC2=O)c1. The number of nitrogens with zero attached hydrogens (tertiary/aromatic N) is 4. The minimum Gasteiger partial charge on any atom is -0.355 e. The third-order valence-corrected chi connectivity index (χ3v) is 5.98. The lowest BCUT2D eigenvalue weighted by atomic mass is 9.97. The summed E-state index contributed by atoms with van der Waals surface area (Å²) in [7, 11) is 0. The highest BCUT2D eigenvalue weighted by Crippen LogP contribution is 2.24. The predicted molar refractivity (Wildman–Crippen MR) is 121 cm³/mol. The molecule has 1 aromatic heterocycles. The Balaban J connectivity index is 1.24. The van der Waals surface area contributed by atoms with E-state index in [2.05, 4.69) is 25.5 Å². The molecule has 1 aromatic carbocycles. The van der Waals surface area contributed by atoms with E-state index >= 15 is 0 Å². The highest BCUT2D eigenvalue weighted by atomic mass is 16.2. The van der Waals surface area contributed by atoms with Crippen LogP contribution in [0.15, 0.2) is 42.9 Å². The van der Waals surface area contributed by atoms with Crippen molar-refractivity contribution in [2.75, 3.05) is 41.3 Å². The van der Waals surface area contributed by atoms with Gasteiger partial charge in [0.1, 0.15) is 5.82 Å². The summed E-state index contributed by atoms with van der Waals surface area (Å²) in [5.41, 5.74) is 1.24. The zero-order valence-electron chi connectivity index (χ0n) is 18.0. The first kappa shape index (κ1) is 21.7. The molecule has 0 unspecified atom stereocenters. The van der Waals surface area contributed by atoms with Crippen molar-refractivity contribution in [2.24, 2.45) is 5.92 Å². The molecule has 2 fully saturated rings. The van der Waals surface area contributed by atoms with Crippen molar-refractivity contribution >= 4 is 34.9 Å². The lowest BCUT2D eigenvalue weighted by Crippen LogP contribution is -2.42. The van der Waals surface area contributed by atoms with Gasteiger partial charge >= 0.3 is 11.8 Å². The highest BCUT2D eigenvalue weighted by Gasteiger charge is 2.23. The van der Waals surface area contributed by atoms with Gasteiger partial charge in [0.25, 0.3) is 0 Å². The molecule has 0 bridgehead atoms. The summed E-state index contributed by atoms with van der Waals surface area (Å²) < 4.78 is 0. The Kier molecular flexibility index (Phi) is 6.94. The van der Waals surface area contributed by atoms with E-state index < -0.39 is 11.8 Å². The van der Waals surface area contributed by atoms with Crippen molar-refractivity contribution in [2.45, 2.75) is 32.1 Å². The van der Waals surface area contributed by atoms with Crippen LogP contribution in [0.3, 0.4) is 0 Å². The monoisotopic (exact) mass is 436 g/mol. The number of carbonyl (C=O) groups excluding carboxylic acids is 3. The minimum atomic E-state index is -0.705. The van der Waals surface area contributed by atoms with Crippen LogP contribution in [0.5, 0.6) is 0 Å². The van der Waals surface area contributed by atoms with Gasteiger partial charge in [0.2, 0.25) is 5.91 Å². The summed E-state index contributed by atoms with van der Waals surface area (Å²) in [5.74, 6) is -0.0938. The van der Waals surface area contributed by atoms with Gasteiger partial charge in [-0.3, -0.25) is 19.4 Å². The number of hydrogen-bond donors (Lipinski definition) is 2. The first-order chi connectivity index (χ1) is 15.6. The fourth-order valence-corrected chi connectivity index (χ4v) is 4.16. The standard InChI is InChI=1S/C23H28N6O3/c30-21-6-1-2-11-29(21)19-5-3-4-18(14-19)27-23(32)22(31)26-15-17-7-12-28(13-8-17)20-16-24-9-10-25-20/h3-5,9-10,14,16-17H,1-2,6-8,11-13,15H2,(H,26,31)(H,27,32). The van der Waals surface area contributed by atoms with E-state index in [-0.39, 0.29) is 5.91 Å². The Labute approximate surface area is 187 Å². The lowest BCUT2D eigenvalue weighted by Gasteiger charge is -2.32. The third kappa shape index (κ3) is 5.40. The number of piperidine rings is 2. The topological polar surface area (TPSA) is 108 Å². The number of rotatable bonds is 5. The maximum atomic E-state index is 12.3. The second kappa shape index (κ2) is 10.2. The molecule has 2 aliphatic rings. The van der Waals surface area contributed by atoms with E-state index in [4.69, 9.17) is 0 Å². The Morgan fingerprint density at radius 3 is 2.66 bits per heavy atom. The summed E-state index contributed by atoms with van der Waals surface area (Å²) in [4.78, 5) is 49.1. The average Bonchev–Trinajstić information content (AvgIpc) is 2.84. The molecular weight excluding hydrogens is 408 g/mol. The molecule has 2 aromatic rings. The second-order valence-corrected chi connectivity index (χ2v) is 8.21. The molecule has 3 heterocycles. The largest absolute Gasteiger partial charge is 0.355 e. The van der Waals surface area contributed by atoms with E-state index in [1.807, 2.05) is 6.07 Å². The molecule has 4 rings (SSSR count). The molecule has 2 aliphatic heterocycles. The van der Waals surface area contributed by atoms with Crippen molar-refractivity contribution in [3.8, 4) is 0 Å². The van der Waals surface area contributed by atoms with E-state index in [1.165, 1.54) is 0 Å². The van der Waals surface area contributed by atoms with Crippen LogP contribution in [0.4, 0.5) is 17.2 Å². The zero-order valence-corrected chi connectivity index (χ0v) is 18.0. The summed E-state index contributed by atoms with van der Waals surface area (Å²) in [6.07, 6.45) is 9.31. The highest BCUT2D eigenvalue weighted by molar-refractivity contribution is 6.39. The summed E-state index contributed by atoms with van der Waals surface area (Å²) >= 11 is 0. The quantitative estimate of drug-likeness (QED) is 0.694. The van der Waals surface area contributed by atoms with Crippen LogP contribution in [0.2, 0.25) is 0 Å². The molecule has 0 aliphatic carbocycles. The fourth-order valence-electron chi connectivity index (χ4n) is 4.16. The molecule has 9 nitrogen and oxygen atoms in total. The van der Waals surface area contributed by atoms with Gasteiger partial charge in [-0.2, -0.15) is 0 Å². The number of nitrogens with one attached hydrogen (secondary N) is 2. The summed E-state index contributed by atoms with van der Waals surface area (Å²) in [5, 5.41) is 5.39. The van der Waals surface area contributed by atoms with Gasteiger partial charge < -0.3 is 20.4 Å². The number of carbonyl (C=O) groups is 3. The molecule has 2 saturated heterocycles. The third-order valence-electron chi connectivity index (χ3n) is 5.98. The van der Waals surface area contributed by atoms with Crippen LogP contribution in [-0.2, 0) is 14.4 Å². The van der Waals surface area contributed by atoms with Gasteiger partial charge in [-0.25, -0.2) is 4.98 Å². The first-order valence-corrected chi connectivity index (χ1v) is 11.1. The number of anilines is 3. The Morgan fingerprint density at radius 2 is 1.91 bits per heavy atom. The van der Waals surface area contributed by atoms with Crippen LogP contribution in [0, 0.1) is 5.92 Å². The molecule has 9 heteroatoms. The first-order valence-electron chi connectivity index (χ1n) is 11.1. The lowest BCUT2D eigenvalue weighted by molar-refractivity contribution is -0.136. The zero-order chi connectivity index (χ0) is 22.3. The molecule has 3 amide bonds. The van der Waals surface area contributed by atoms with Gasteiger partial charge in [0.15, 0.2) is 0 Å². The molecule has 0 radical (unpaired) electrons. The van der Waals surface area contributed by atoms with Crippen molar-refractivity contribution < 1.29 is 14.4 Å². The molecule has 0 spiro atoms. The Bertz CT molecular complexity index is 959. The van der Waals surface area contributed by atoms with Gasteiger partial charge in [-0.15, -0.1) is 0 Å². The van der Waals surface area contributed by atoms with Crippen LogP contribution in [0.1, 0.15) is 32.1 Å². The molecule has 0 saturated carbocycles. The number of benzene rings is 1. The van der Waals surface area contributed by atoms with Crippen molar-refractivity contribution in [1.82, 2.24) is 15.3 Å². The predicted octanol–water partition coefficient (Wildman–Crippen LogP) is 1.96. The molecular formula is C23H28N6O3. The number of hydrogen-bond acceptors (Lipinski definition) is 6. The van der Waals surface area contributed by atoms with Crippen LogP contribution in [-0.4, -0.2) is 53.9 Å². The number of amides is 3. The van der Waals surface area contributed by atoms with Gasteiger partial charge in [0, 0.05) is 56.4 Å². The molecule has 32 heavy (non-hydrogen) atoms. The van der Waals surface area contributed by atoms with Gasteiger partial charge in [-0.1, -0.05) is 6.07 Å². The van der Waals surface area contributed by atoms with Gasteiger partial charge in [-0.05, 0) is 49.8 Å². The number of aromatic nitrogens is 2. The Morgan fingerprint density at radius 1 is 1.06 bits per heavy atom. The molecule has 168 valence electrons. The van der Waals surface area contributed by atoms with Crippen molar-refractivity contribution in [3.63, 3.8) is 0 Å². The Hall–Kier alpha value is -3.49. The summed E-state index contributed by atoms with van der Waals surface area (Å²) in [6.45, 7) is 2.82. The van der Waals surface area contributed by atoms with E-state index in [0.29, 0.717) is 31.1 Å². The van der Waals surface area contributed by atoms with E-state index in [0.717, 1.165) is 50.3 Å². The van der Waals surface area contributed by atoms with Gasteiger partial charge in [0.05, 0.1) is 6.20 Å².